The van der Waals surface area contributed by atoms with E-state index in [-0.39, 0.29) is 0 Å². The minimum Gasteiger partial charge on any atom is -0.384 e. The molecule has 2 N–H and O–H groups in total. The van der Waals surface area contributed by atoms with Gasteiger partial charge in [0.1, 0.15) is 11.6 Å². The molecule has 5 rings (SSSR count). The van der Waals surface area contributed by atoms with Crippen molar-refractivity contribution in [1.29, 1.82) is 0 Å². The predicted molar refractivity (Wildman–Crippen MR) is 66.2 cm³/mol. The van der Waals surface area contributed by atoms with E-state index in [0.717, 1.165) is 29.5 Å². The zero-order chi connectivity index (χ0) is 11.4. The van der Waals surface area contributed by atoms with Gasteiger partial charge in [-0.2, -0.15) is 0 Å². The summed E-state index contributed by atoms with van der Waals surface area (Å²) in [6.45, 7) is 0. The Morgan fingerprint density at radius 2 is 1.65 bits per heavy atom. The Morgan fingerprint density at radius 3 is 2.24 bits per heavy atom. The first-order valence-electron chi connectivity index (χ1n) is 6.88. The van der Waals surface area contributed by atoms with Crippen LogP contribution >= 0.6 is 0 Å². The molecule has 4 fully saturated rings. The lowest BCUT2D eigenvalue weighted by atomic mass is 9.51. The number of aromatic nitrogens is 2. The third-order valence-corrected chi connectivity index (χ3v) is 5.22. The molecule has 0 atom stereocenters. The topological polar surface area (TPSA) is 51.8 Å². The average Bonchev–Trinajstić information content (AvgIpc) is 2.27. The summed E-state index contributed by atoms with van der Waals surface area (Å²) in [6, 6.07) is 1.79. The Hall–Kier alpha value is -1.12. The molecule has 0 aromatic carbocycles. The Kier molecular flexibility index (Phi) is 1.99. The Balaban J connectivity index is 1.70. The molecule has 3 nitrogen and oxygen atoms in total. The monoisotopic (exact) mass is 229 g/mol. The van der Waals surface area contributed by atoms with Crippen molar-refractivity contribution in [3.8, 4) is 0 Å². The quantitative estimate of drug-likeness (QED) is 0.805. The van der Waals surface area contributed by atoms with E-state index in [0.29, 0.717) is 11.7 Å². The van der Waals surface area contributed by atoms with E-state index in [1.165, 1.54) is 32.1 Å². The third kappa shape index (κ3) is 1.48. The van der Waals surface area contributed by atoms with Gasteiger partial charge in [-0.05, 0) is 61.8 Å². The van der Waals surface area contributed by atoms with Crippen LogP contribution in [0.5, 0.6) is 0 Å². The fourth-order valence-corrected chi connectivity index (χ4v) is 4.90. The van der Waals surface area contributed by atoms with Crippen molar-refractivity contribution in [2.75, 3.05) is 5.73 Å². The van der Waals surface area contributed by atoms with Crippen molar-refractivity contribution in [2.24, 2.45) is 23.7 Å². The van der Waals surface area contributed by atoms with Crippen LogP contribution in [0.2, 0.25) is 0 Å². The van der Waals surface area contributed by atoms with E-state index in [1.807, 2.05) is 6.20 Å². The van der Waals surface area contributed by atoms with Gasteiger partial charge in [-0.3, -0.25) is 0 Å². The van der Waals surface area contributed by atoms with E-state index in [2.05, 4.69) is 9.97 Å². The first-order valence-corrected chi connectivity index (χ1v) is 6.88. The lowest BCUT2D eigenvalue weighted by molar-refractivity contribution is -0.00560. The summed E-state index contributed by atoms with van der Waals surface area (Å²) in [7, 11) is 0. The van der Waals surface area contributed by atoms with E-state index in [1.54, 1.807) is 6.07 Å². The molecule has 0 aliphatic heterocycles. The Morgan fingerprint density at radius 1 is 1.00 bits per heavy atom. The lowest BCUT2D eigenvalue weighted by Crippen LogP contribution is -2.44. The molecule has 4 aliphatic rings. The number of hydrogen-bond acceptors (Lipinski definition) is 3. The summed E-state index contributed by atoms with van der Waals surface area (Å²) < 4.78 is 0. The molecule has 0 unspecified atom stereocenters. The lowest BCUT2D eigenvalue weighted by Gasteiger charge is -2.53. The van der Waals surface area contributed by atoms with Gasteiger partial charge >= 0.3 is 0 Å². The fraction of sp³-hybridized carbons (Fsp3) is 0.714. The molecular formula is C14H19N3. The minimum atomic E-state index is 0.603. The number of nitrogens with zero attached hydrogens (tertiary/aromatic N) is 2. The summed E-state index contributed by atoms with van der Waals surface area (Å²) >= 11 is 0. The maximum atomic E-state index is 5.80. The molecular weight excluding hydrogens is 210 g/mol. The highest BCUT2D eigenvalue weighted by molar-refractivity contribution is 5.27. The predicted octanol–water partition coefficient (Wildman–Crippen LogP) is 2.60. The average molecular weight is 229 g/mol. The van der Waals surface area contributed by atoms with Gasteiger partial charge in [0, 0.05) is 12.1 Å². The molecule has 0 amide bonds. The molecule has 17 heavy (non-hydrogen) atoms. The van der Waals surface area contributed by atoms with Crippen LogP contribution < -0.4 is 5.73 Å². The summed E-state index contributed by atoms with van der Waals surface area (Å²) in [5.41, 5.74) is 5.80. The summed E-state index contributed by atoms with van der Waals surface area (Å²) in [4.78, 5) is 8.98. The first kappa shape index (κ1) is 9.86. The highest BCUT2D eigenvalue weighted by Gasteiger charge is 2.49. The molecule has 90 valence electrons. The molecule has 4 saturated carbocycles. The van der Waals surface area contributed by atoms with Gasteiger partial charge in [-0.1, -0.05) is 0 Å². The summed E-state index contributed by atoms with van der Waals surface area (Å²) in [5.74, 6) is 5.96. The van der Waals surface area contributed by atoms with Crippen molar-refractivity contribution >= 4 is 5.82 Å². The van der Waals surface area contributed by atoms with Crippen LogP contribution in [0.25, 0.3) is 0 Å². The SMILES string of the molecule is Nc1ccnc(C2C3CC4CC(C3)CC2C4)n1. The first-order chi connectivity index (χ1) is 8.29. The van der Waals surface area contributed by atoms with Crippen LogP contribution in [0.15, 0.2) is 12.3 Å². The molecule has 1 aromatic heterocycles. The van der Waals surface area contributed by atoms with Crippen molar-refractivity contribution < 1.29 is 0 Å². The highest BCUT2D eigenvalue weighted by Crippen LogP contribution is 2.59. The van der Waals surface area contributed by atoms with Gasteiger partial charge in [-0.15, -0.1) is 0 Å². The molecule has 4 aliphatic carbocycles. The van der Waals surface area contributed by atoms with E-state index < -0.39 is 0 Å². The van der Waals surface area contributed by atoms with Crippen molar-refractivity contribution in [3.05, 3.63) is 18.1 Å². The van der Waals surface area contributed by atoms with Crippen molar-refractivity contribution in [3.63, 3.8) is 0 Å². The number of nitrogen functional groups attached to an aromatic ring is 1. The molecule has 0 radical (unpaired) electrons. The molecule has 1 heterocycles. The van der Waals surface area contributed by atoms with Gasteiger partial charge in [0.05, 0.1) is 0 Å². The van der Waals surface area contributed by atoms with Gasteiger partial charge in [0.15, 0.2) is 0 Å². The largest absolute Gasteiger partial charge is 0.384 e. The standard InChI is InChI=1S/C14H19N3/c15-12-1-2-16-14(17-12)13-10-4-8-3-9(6-10)7-11(13)5-8/h1-2,8-11,13H,3-7H2,(H2,15,16,17). The highest BCUT2D eigenvalue weighted by atomic mass is 14.9. The van der Waals surface area contributed by atoms with Gasteiger partial charge in [0.25, 0.3) is 0 Å². The van der Waals surface area contributed by atoms with Crippen LogP contribution in [-0.4, -0.2) is 9.97 Å². The number of hydrogen-bond donors (Lipinski definition) is 1. The molecule has 3 heteroatoms. The molecule has 0 saturated heterocycles. The second-order valence-electron chi connectivity index (χ2n) is 6.30. The van der Waals surface area contributed by atoms with E-state index >= 15 is 0 Å². The van der Waals surface area contributed by atoms with Crippen molar-refractivity contribution in [2.45, 2.75) is 38.0 Å². The van der Waals surface area contributed by atoms with Crippen LogP contribution in [0.1, 0.15) is 43.8 Å². The zero-order valence-corrected chi connectivity index (χ0v) is 10.0. The molecule has 1 aromatic rings. The fourth-order valence-electron chi connectivity index (χ4n) is 4.90. The van der Waals surface area contributed by atoms with E-state index in [4.69, 9.17) is 5.73 Å². The smallest absolute Gasteiger partial charge is 0.134 e. The zero-order valence-electron chi connectivity index (χ0n) is 10.0. The number of rotatable bonds is 1. The maximum Gasteiger partial charge on any atom is 0.134 e. The summed E-state index contributed by atoms with van der Waals surface area (Å²) in [5, 5.41) is 0. The van der Waals surface area contributed by atoms with Crippen molar-refractivity contribution in [1.82, 2.24) is 9.97 Å². The van der Waals surface area contributed by atoms with Crippen LogP contribution in [-0.2, 0) is 0 Å². The van der Waals surface area contributed by atoms with E-state index in [9.17, 15) is 0 Å². The minimum absolute atomic E-state index is 0.603. The second kappa shape index (κ2) is 3.44. The number of anilines is 1. The third-order valence-electron chi connectivity index (χ3n) is 5.22. The summed E-state index contributed by atoms with van der Waals surface area (Å²) in [6.07, 6.45) is 8.97. The number of nitrogens with two attached hydrogens (primary N) is 1. The van der Waals surface area contributed by atoms with Gasteiger partial charge in [0.2, 0.25) is 0 Å². The van der Waals surface area contributed by atoms with Crippen LogP contribution in [0.4, 0.5) is 5.82 Å². The normalized spacial score (nSPS) is 42.9. The Labute approximate surface area is 102 Å². The van der Waals surface area contributed by atoms with Gasteiger partial charge in [-0.25, -0.2) is 9.97 Å². The molecule has 4 bridgehead atoms. The van der Waals surface area contributed by atoms with Crippen LogP contribution in [0, 0.1) is 23.7 Å². The van der Waals surface area contributed by atoms with Crippen LogP contribution in [0.3, 0.4) is 0 Å². The maximum absolute atomic E-state index is 5.80. The van der Waals surface area contributed by atoms with Gasteiger partial charge < -0.3 is 5.73 Å². The second-order valence-corrected chi connectivity index (χ2v) is 6.30. The Bertz CT molecular complexity index is 415. The molecule has 0 spiro atoms.